The Hall–Kier alpha value is -3.01. The fourth-order valence-corrected chi connectivity index (χ4v) is 4.49. The molecule has 1 aliphatic heterocycles. The highest BCUT2D eigenvalue weighted by Crippen LogP contribution is 2.42. The molecule has 1 aliphatic carbocycles. The first-order chi connectivity index (χ1) is 13.2. The van der Waals surface area contributed by atoms with Crippen LogP contribution in [0.2, 0.25) is 0 Å². The van der Waals surface area contributed by atoms with Crippen molar-refractivity contribution in [2.24, 2.45) is 0 Å². The fraction of sp³-hybridized carbons (Fsp3) is 0.261. The molecule has 0 spiro atoms. The molecule has 1 atom stereocenters. The SMILES string of the molecule is COc1ccc(C2CC(=O)c3ccc4c5c(ccc(c35)N2)CC4)cc1OC. The third-order valence-corrected chi connectivity index (χ3v) is 5.83. The van der Waals surface area contributed by atoms with E-state index >= 15 is 0 Å². The number of anilines is 1. The van der Waals surface area contributed by atoms with Gasteiger partial charge in [-0.15, -0.1) is 0 Å². The maximum atomic E-state index is 13.1. The van der Waals surface area contributed by atoms with E-state index in [0.29, 0.717) is 17.9 Å². The summed E-state index contributed by atoms with van der Waals surface area (Å²) < 4.78 is 10.8. The third-order valence-electron chi connectivity index (χ3n) is 5.83. The number of aryl methyl sites for hydroxylation is 2. The number of hydrogen-bond acceptors (Lipinski definition) is 4. The van der Waals surface area contributed by atoms with Crippen LogP contribution in [0.5, 0.6) is 11.5 Å². The van der Waals surface area contributed by atoms with Gasteiger partial charge in [-0.3, -0.25) is 4.79 Å². The number of hydrogen-bond donors (Lipinski definition) is 1. The molecule has 0 fully saturated rings. The van der Waals surface area contributed by atoms with Crippen molar-refractivity contribution in [2.45, 2.75) is 25.3 Å². The Balaban J connectivity index is 1.64. The second-order valence-electron chi connectivity index (χ2n) is 7.23. The van der Waals surface area contributed by atoms with Crippen LogP contribution >= 0.6 is 0 Å². The largest absolute Gasteiger partial charge is 0.493 e. The number of nitrogens with one attached hydrogen (secondary N) is 1. The number of methoxy groups -OCH3 is 2. The first-order valence-corrected chi connectivity index (χ1v) is 9.28. The highest BCUT2D eigenvalue weighted by atomic mass is 16.5. The topological polar surface area (TPSA) is 47.6 Å². The van der Waals surface area contributed by atoms with Gasteiger partial charge in [-0.2, -0.15) is 0 Å². The van der Waals surface area contributed by atoms with Crippen LogP contribution in [-0.4, -0.2) is 20.0 Å². The molecule has 0 saturated heterocycles. The van der Waals surface area contributed by atoms with E-state index in [1.807, 2.05) is 24.3 Å². The molecule has 5 rings (SSSR count). The summed E-state index contributed by atoms with van der Waals surface area (Å²) in [6.45, 7) is 0. The molecule has 27 heavy (non-hydrogen) atoms. The van der Waals surface area contributed by atoms with Gasteiger partial charge >= 0.3 is 0 Å². The minimum atomic E-state index is -0.108. The zero-order chi connectivity index (χ0) is 18.5. The molecule has 0 bridgehead atoms. The number of ether oxygens (including phenoxy) is 2. The molecule has 0 radical (unpaired) electrons. The highest BCUT2D eigenvalue weighted by molar-refractivity contribution is 6.15. The lowest BCUT2D eigenvalue weighted by Crippen LogP contribution is -2.13. The van der Waals surface area contributed by atoms with E-state index in [9.17, 15) is 4.79 Å². The van der Waals surface area contributed by atoms with E-state index in [1.54, 1.807) is 14.2 Å². The zero-order valence-corrected chi connectivity index (χ0v) is 15.5. The number of carbonyl (C=O) groups is 1. The summed E-state index contributed by atoms with van der Waals surface area (Å²) in [7, 11) is 3.25. The van der Waals surface area contributed by atoms with Crippen LogP contribution in [0.15, 0.2) is 42.5 Å². The number of Topliss-reactive ketones (excluding diaryl/α,β-unsaturated/α-hetero) is 1. The van der Waals surface area contributed by atoms with Crippen LogP contribution in [-0.2, 0) is 12.8 Å². The van der Waals surface area contributed by atoms with Gasteiger partial charge in [-0.05, 0) is 53.1 Å². The van der Waals surface area contributed by atoms with E-state index in [0.717, 1.165) is 35.0 Å². The Morgan fingerprint density at radius 3 is 2.37 bits per heavy atom. The zero-order valence-electron chi connectivity index (χ0n) is 15.5. The molecular weight excluding hydrogens is 338 g/mol. The van der Waals surface area contributed by atoms with E-state index in [2.05, 4.69) is 23.5 Å². The van der Waals surface area contributed by atoms with Crippen LogP contribution in [0.3, 0.4) is 0 Å². The van der Waals surface area contributed by atoms with Gasteiger partial charge in [0.15, 0.2) is 17.3 Å². The average molecular weight is 359 g/mol. The lowest BCUT2D eigenvalue weighted by atomic mass is 9.95. The van der Waals surface area contributed by atoms with Crippen molar-refractivity contribution < 1.29 is 14.3 Å². The molecule has 0 amide bonds. The number of benzene rings is 3. The Bertz CT molecular complexity index is 1080. The number of ketones is 1. The summed E-state index contributed by atoms with van der Waals surface area (Å²) in [5.41, 5.74) is 5.59. The molecule has 1 N–H and O–H groups in total. The molecule has 136 valence electrons. The summed E-state index contributed by atoms with van der Waals surface area (Å²) >= 11 is 0. The highest BCUT2D eigenvalue weighted by Gasteiger charge is 2.28. The molecule has 4 heteroatoms. The van der Waals surface area contributed by atoms with Crippen molar-refractivity contribution in [1.82, 2.24) is 0 Å². The molecule has 0 aromatic heterocycles. The van der Waals surface area contributed by atoms with Crippen LogP contribution in [0, 0.1) is 0 Å². The summed E-state index contributed by atoms with van der Waals surface area (Å²) in [6.07, 6.45) is 2.53. The van der Waals surface area contributed by atoms with Crippen molar-refractivity contribution in [3.63, 3.8) is 0 Å². The van der Waals surface area contributed by atoms with E-state index in [-0.39, 0.29) is 11.8 Å². The Morgan fingerprint density at radius 2 is 1.63 bits per heavy atom. The Kier molecular flexibility index (Phi) is 3.61. The normalized spacial score (nSPS) is 17.6. The smallest absolute Gasteiger partial charge is 0.165 e. The monoisotopic (exact) mass is 359 g/mol. The second kappa shape index (κ2) is 6.02. The van der Waals surface area contributed by atoms with Crippen LogP contribution < -0.4 is 14.8 Å². The first kappa shape index (κ1) is 16.2. The van der Waals surface area contributed by atoms with Crippen molar-refractivity contribution in [1.29, 1.82) is 0 Å². The van der Waals surface area contributed by atoms with Gasteiger partial charge in [0.2, 0.25) is 0 Å². The van der Waals surface area contributed by atoms with E-state index in [1.165, 1.54) is 16.5 Å². The Labute approximate surface area is 158 Å². The maximum Gasteiger partial charge on any atom is 0.165 e. The second-order valence-corrected chi connectivity index (χ2v) is 7.23. The maximum absolute atomic E-state index is 13.1. The summed E-state index contributed by atoms with van der Waals surface area (Å²) in [6, 6.07) is 14.2. The minimum Gasteiger partial charge on any atom is -0.493 e. The van der Waals surface area contributed by atoms with Gasteiger partial charge in [0.05, 0.1) is 20.3 Å². The van der Waals surface area contributed by atoms with Gasteiger partial charge < -0.3 is 14.8 Å². The molecule has 3 aromatic rings. The summed E-state index contributed by atoms with van der Waals surface area (Å²) in [5.74, 6) is 1.54. The molecular formula is C23H21NO3. The van der Waals surface area contributed by atoms with Gasteiger partial charge in [0.25, 0.3) is 0 Å². The standard InChI is InChI=1S/C23H21NO3/c1-26-20-10-7-15(11-21(20)27-2)18-12-19(25)16-8-5-13-3-4-14-6-9-17(24-18)23(16)22(13)14/h5-11,18,24H,3-4,12H2,1-2H3. The van der Waals surface area contributed by atoms with Crippen LogP contribution in [0.4, 0.5) is 5.69 Å². The van der Waals surface area contributed by atoms with Crippen molar-refractivity contribution in [3.05, 3.63) is 64.7 Å². The third kappa shape index (κ3) is 2.40. The molecule has 2 aliphatic rings. The van der Waals surface area contributed by atoms with Gasteiger partial charge in [-0.25, -0.2) is 0 Å². The van der Waals surface area contributed by atoms with Crippen molar-refractivity contribution in [3.8, 4) is 11.5 Å². The predicted octanol–water partition coefficient (Wildman–Crippen LogP) is 4.70. The quantitative estimate of drug-likeness (QED) is 0.737. The number of carbonyl (C=O) groups excluding carboxylic acids is 1. The molecule has 4 nitrogen and oxygen atoms in total. The van der Waals surface area contributed by atoms with Crippen molar-refractivity contribution in [2.75, 3.05) is 19.5 Å². The van der Waals surface area contributed by atoms with Crippen molar-refractivity contribution >= 4 is 22.2 Å². The van der Waals surface area contributed by atoms with Crippen LogP contribution in [0.25, 0.3) is 10.8 Å². The van der Waals surface area contributed by atoms with E-state index in [4.69, 9.17) is 9.47 Å². The van der Waals surface area contributed by atoms with Gasteiger partial charge in [0, 0.05) is 23.1 Å². The minimum absolute atomic E-state index is 0.108. The summed E-state index contributed by atoms with van der Waals surface area (Å²) in [4.78, 5) is 13.1. The molecule has 3 aromatic carbocycles. The fourth-order valence-electron chi connectivity index (χ4n) is 4.49. The summed E-state index contributed by atoms with van der Waals surface area (Å²) in [5, 5.41) is 5.99. The average Bonchev–Trinajstić information content (AvgIpc) is 3.06. The number of rotatable bonds is 3. The predicted molar refractivity (Wildman–Crippen MR) is 106 cm³/mol. The Morgan fingerprint density at radius 1 is 0.889 bits per heavy atom. The molecule has 0 saturated carbocycles. The molecule has 1 unspecified atom stereocenters. The van der Waals surface area contributed by atoms with E-state index < -0.39 is 0 Å². The lowest BCUT2D eigenvalue weighted by Gasteiger charge is -2.20. The lowest BCUT2D eigenvalue weighted by molar-refractivity contribution is 0.0979. The first-order valence-electron chi connectivity index (χ1n) is 9.28. The van der Waals surface area contributed by atoms with Gasteiger partial charge in [-0.1, -0.05) is 24.3 Å². The molecule has 1 heterocycles. The van der Waals surface area contributed by atoms with Gasteiger partial charge in [0.1, 0.15) is 0 Å². The van der Waals surface area contributed by atoms with Crippen LogP contribution in [0.1, 0.15) is 39.5 Å².